The van der Waals surface area contributed by atoms with E-state index in [1.807, 2.05) is 31.2 Å². The molecule has 1 aromatic carbocycles. The second-order valence-corrected chi connectivity index (χ2v) is 11.7. The molecule has 230 valence electrons. The Morgan fingerprint density at radius 1 is 1.07 bits per heavy atom. The number of rotatable bonds is 16. The van der Waals surface area contributed by atoms with Gasteiger partial charge in [-0.3, -0.25) is 14.4 Å². The first-order valence-corrected chi connectivity index (χ1v) is 15.4. The molecule has 4 rings (SSSR count). The zero-order valence-corrected chi connectivity index (χ0v) is 25.4. The average Bonchev–Trinajstić information content (AvgIpc) is 3.56. The molecule has 1 aromatic rings. The molecule has 2 amide bonds. The maximum atomic E-state index is 14.7. The van der Waals surface area contributed by atoms with Gasteiger partial charge in [-0.15, -0.1) is 6.58 Å². The summed E-state index contributed by atoms with van der Waals surface area (Å²) in [6.07, 6.45) is 7.27. The SMILES string of the molecule is C=CCOC(=O)[C@@H]1[C@H]2C(=O)N(CCCCCCO)C(C(=O)N(CC=C)c3ccc(N(CC)CC)cc3)C23CC[C@@]1(C)O3. The number of aliphatic hydroxyl groups is 1. The second kappa shape index (κ2) is 13.4. The standard InChI is InChI=1S/C33H47N3O6/c1-6-20-35(25-16-14-24(15-17-25)34(8-3)9-4)30(39)28-33-19-18-32(5,42-33)27(31(40)41-23-7-2)26(33)29(38)36(28)21-12-10-11-13-22-37/h6-7,14-17,26-28,37H,1-2,8-13,18-23H2,3-5H3/t26-,27-,28?,32+,33?/m0/s1. The summed E-state index contributed by atoms with van der Waals surface area (Å²) in [6, 6.07) is 7.01. The van der Waals surface area contributed by atoms with E-state index in [4.69, 9.17) is 9.47 Å². The largest absolute Gasteiger partial charge is 0.461 e. The van der Waals surface area contributed by atoms with E-state index in [0.29, 0.717) is 37.9 Å². The number of ether oxygens (including phenoxy) is 2. The lowest BCUT2D eigenvalue weighted by atomic mass is 9.66. The smallest absolute Gasteiger partial charge is 0.313 e. The summed E-state index contributed by atoms with van der Waals surface area (Å²) >= 11 is 0. The Hall–Kier alpha value is -3.17. The van der Waals surface area contributed by atoms with Gasteiger partial charge in [-0.25, -0.2) is 0 Å². The van der Waals surface area contributed by atoms with Gasteiger partial charge >= 0.3 is 5.97 Å². The van der Waals surface area contributed by atoms with Gasteiger partial charge in [0, 0.05) is 44.2 Å². The second-order valence-electron chi connectivity index (χ2n) is 11.7. The van der Waals surface area contributed by atoms with Crippen molar-refractivity contribution in [3.8, 4) is 0 Å². The van der Waals surface area contributed by atoms with E-state index in [9.17, 15) is 19.5 Å². The molecule has 1 N–H and O–H groups in total. The monoisotopic (exact) mass is 581 g/mol. The molecule has 2 bridgehead atoms. The van der Waals surface area contributed by atoms with Gasteiger partial charge in [0.2, 0.25) is 5.91 Å². The first-order chi connectivity index (χ1) is 20.2. The van der Waals surface area contributed by atoms with Gasteiger partial charge in [0.25, 0.3) is 5.91 Å². The number of hydrogen-bond acceptors (Lipinski definition) is 7. The predicted molar refractivity (Wildman–Crippen MR) is 163 cm³/mol. The molecule has 9 heteroatoms. The lowest BCUT2D eigenvalue weighted by Crippen LogP contribution is -2.56. The highest BCUT2D eigenvalue weighted by Crippen LogP contribution is 2.63. The van der Waals surface area contributed by atoms with E-state index in [2.05, 4.69) is 31.9 Å². The third kappa shape index (κ3) is 5.61. The van der Waals surface area contributed by atoms with Crippen LogP contribution in [0.4, 0.5) is 11.4 Å². The maximum absolute atomic E-state index is 14.7. The van der Waals surface area contributed by atoms with Crippen LogP contribution in [-0.2, 0) is 23.9 Å². The molecule has 0 aromatic heterocycles. The molecular formula is C33H47N3O6. The van der Waals surface area contributed by atoms with Crippen LogP contribution in [0, 0.1) is 11.8 Å². The number of carbonyl (C=O) groups is 3. The summed E-state index contributed by atoms with van der Waals surface area (Å²) in [4.78, 5) is 47.8. The number of benzene rings is 1. The number of amides is 2. The maximum Gasteiger partial charge on any atom is 0.313 e. The van der Waals surface area contributed by atoms with Crippen molar-refractivity contribution in [2.45, 2.75) is 76.5 Å². The van der Waals surface area contributed by atoms with Crippen LogP contribution in [0.1, 0.15) is 59.3 Å². The van der Waals surface area contributed by atoms with Crippen molar-refractivity contribution < 1.29 is 29.0 Å². The van der Waals surface area contributed by atoms with Crippen molar-refractivity contribution in [1.29, 1.82) is 0 Å². The van der Waals surface area contributed by atoms with Crippen LogP contribution in [0.25, 0.3) is 0 Å². The third-order valence-electron chi connectivity index (χ3n) is 9.28. The fourth-order valence-electron chi connectivity index (χ4n) is 7.31. The van der Waals surface area contributed by atoms with Crippen LogP contribution < -0.4 is 9.80 Å². The van der Waals surface area contributed by atoms with Gasteiger partial charge in [0.05, 0.1) is 11.5 Å². The fourth-order valence-corrected chi connectivity index (χ4v) is 7.31. The van der Waals surface area contributed by atoms with Crippen molar-refractivity contribution in [3.63, 3.8) is 0 Å². The number of fused-ring (bicyclic) bond motifs is 1. The summed E-state index contributed by atoms with van der Waals surface area (Å²) in [5.74, 6) is -2.54. The van der Waals surface area contributed by atoms with Gasteiger partial charge in [0.1, 0.15) is 24.2 Å². The lowest BCUT2D eigenvalue weighted by Gasteiger charge is -2.37. The molecule has 3 heterocycles. The Labute approximate surface area is 250 Å². The molecule has 3 fully saturated rings. The molecule has 3 aliphatic rings. The quantitative estimate of drug-likeness (QED) is 0.178. The first kappa shape index (κ1) is 31.8. The van der Waals surface area contributed by atoms with Gasteiger partial charge < -0.3 is 29.3 Å². The molecule has 3 aliphatic heterocycles. The van der Waals surface area contributed by atoms with Gasteiger partial charge in [-0.2, -0.15) is 0 Å². The van der Waals surface area contributed by atoms with Gasteiger partial charge in [0.15, 0.2) is 0 Å². The summed E-state index contributed by atoms with van der Waals surface area (Å²) in [7, 11) is 0. The molecule has 0 aliphatic carbocycles. The van der Waals surface area contributed by atoms with Crippen LogP contribution >= 0.6 is 0 Å². The summed E-state index contributed by atoms with van der Waals surface area (Å²) in [5.41, 5.74) is -0.224. The minimum absolute atomic E-state index is 0.0485. The van der Waals surface area contributed by atoms with E-state index in [-0.39, 0.29) is 31.6 Å². The van der Waals surface area contributed by atoms with Crippen molar-refractivity contribution in [3.05, 3.63) is 49.6 Å². The van der Waals surface area contributed by atoms with Crippen molar-refractivity contribution >= 4 is 29.2 Å². The number of aliphatic hydroxyl groups excluding tert-OH is 1. The fraction of sp³-hybridized carbons (Fsp3) is 0.606. The van der Waals surface area contributed by atoms with Crippen molar-refractivity contribution in [2.24, 2.45) is 11.8 Å². The highest BCUT2D eigenvalue weighted by atomic mass is 16.6. The van der Waals surface area contributed by atoms with E-state index < -0.39 is 35.0 Å². The number of likely N-dealkylation sites (tertiary alicyclic amines) is 1. The predicted octanol–water partition coefficient (Wildman–Crippen LogP) is 4.10. The molecule has 42 heavy (non-hydrogen) atoms. The average molecular weight is 582 g/mol. The van der Waals surface area contributed by atoms with Crippen LogP contribution in [0.2, 0.25) is 0 Å². The number of unbranched alkanes of at least 4 members (excludes halogenated alkanes) is 3. The summed E-state index contributed by atoms with van der Waals surface area (Å²) in [5, 5.41) is 9.18. The summed E-state index contributed by atoms with van der Waals surface area (Å²) < 4.78 is 12.2. The van der Waals surface area contributed by atoms with Crippen LogP contribution in [0.5, 0.6) is 0 Å². The number of esters is 1. The first-order valence-electron chi connectivity index (χ1n) is 15.4. The number of hydrogen-bond donors (Lipinski definition) is 1. The minimum atomic E-state index is -1.12. The molecular weight excluding hydrogens is 534 g/mol. The van der Waals surface area contributed by atoms with E-state index >= 15 is 0 Å². The van der Waals surface area contributed by atoms with Crippen LogP contribution in [0.15, 0.2) is 49.6 Å². The molecule has 1 spiro atoms. The molecule has 2 unspecified atom stereocenters. The Kier molecular flexibility index (Phi) is 10.1. The minimum Gasteiger partial charge on any atom is -0.461 e. The zero-order valence-electron chi connectivity index (χ0n) is 25.4. The van der Waals surface area contributed by atoms with Crippen molar-refractivity contribution in [1.82, 2.24) is 4.90 Å². The van der Waals surface area contributed by atoms with Crippen LogP contribution in [0.3, 0.4) is 0 Å². The Morgan fingerprint density at radius 2 is 1.74 bits per heavy atom. The van der Waals surface area contributed by atoms with Gasteiger partial charge in [-0.05, 0) is 70.7 Å². The van der Waals surface area contributed by atoms with Crippen molar-refractivity contribution in [2.75, 3.05) is 49.2 Å². The topological polar surface area (TPSA) is 99.6 Å². The number of carbonyl (C=O) groups excluding carboxylic acids is 3. The normalized spacial score (nSPS) is 27.6. The third-order valence-corrected chi connectivity index (χ3v) is 9.28. The summed E-state index contributed by atoms with van der Waals surface area (Å²) in [6.45, 7) is 16.2. The molecule has 0 radical (unpaired) electrons. The highest BCUT2D eigenvalue weighted by molar-refractivity contribution is 6.05. The molecule has 5 atom stereocenters. The molecule has 9 nitrogen and oxygen atoms in total. The molecule has 0 saturated carbocycles. The van der Waals surface area contributed by atoms with E-state index in [1.165, 1.54) is 6.08 Å². The Bertz CT molecular complexity index is 1150. The Balaban J connectivity index is 1.71. The highest BCUT2D eigenvalue weighted by Gasteiger charge is 2.78. The number of nitrogens with zero attached hydrogens (tertiary/aromatic N) is 3. The lowest BCUT2D eigenvalue weighted by molar-refractivity contribution is -0.158. The Morgan fingerprint density at radius 3 is 2.36 bits per heavy atom. The molecule has 3 saturated heterocycles. The van der Waals surface area contributed by atoms with Crippen LogP contribution in [-0.4, -0.2) is 84.4 Å². The van der Waals surface area contributed by atoms with E-state index in [1.54, 1.807) is 15.9 Å². The van der Waals surface area contributed by atoms with Gasteiger partial charge in [-0.1, -0.05) is 31.6 Å². The zero-order chi connectivity index (χ0) is 30.5. The number of anilines is 2. The van der Waals surface area contributed by atoms with E-state index in [0.717, 1.165) is 31.6 Å².